The molecule has 2 atom stereocenters. The predicted octanol–water partition coefficient (Wildman–Crippen LogP) is 0.742. The number of likely N-dealkylation sites (N-methyl/N-ethyl adjacent to an activating group) is 1. The molecule has 1 aromatic carbocycles. The van der Waals surface area contributed by atoms with E-state index >= 15 is 0 Å². The van der Waals surface area contributed by atoms with Crippen LogP contribution in [0.3, 0.4) is 0 Å². The monoisotopic (exact) mass is 435 g/mol. The van der Waals surface area contributed by atoms with Crippen molar-refractivity contribution in [2.24, 2.45) is 5.10 Å². The van der Waals surface area contributed by atoms with Crippen LogP contribution in [0.2, 0.25) is 0 Å². The van der Waals surface area contributed by atoms with Gasteiger partial charge < -0.3 is 9.64 Å². The first-order valence-electron chi connectivity index (χ1n) is 9.76. The molecule has 2 aliphatic heterocycles. The molecule has 30 heavy (non-hydrogen) atoms. The Morgan fingerprint density at radius 1 is 1.27 bits per heavy atom. The third-order valence-electron chi connectivity index (χ3n) is 5.12. The Hall–Kier alpha value is -2.75. The number of hydrogen-bond acceptors (Lipinski definition) is 7. The molecule has 2 aliphatic rings. The molecule has 0 radical (unpaired) electrons. The summed E-state index contributed by atoms with van der Waals surface area (Å²) in [5, 5.41) is 5.17. The molecular formula is C20H25N3O6S. The number of rotatable bonds is 6. The van der Waals surface area contributed by atoms with Crippen molar-refractivity contribution >= 4 is 33.3 Å². The molecule has 3 rings (SSSR count). The largest absolute Gasteiger partial charge is 0.448 e. The van der Waals surface area contributed by atoms with Crippen LogP contribution in [0.4, 0.5) is 0 Å². The van der Waals surface area contributed by atoms with Crippen LogP contribution in [0.25, 0.3) is 0 Å². The van der Waals surface area contributed by atoms with Crippen LogP contribution in [0.1, 0.15) is 31.7 Å². The minimum atomic E-state index is -3.20. The Labute approximate surface area is 175 Å². The molecule has 9 nitrogen and oxygen atoms in total. The standard InChI is InChI=1S/C20H25N3O6S/c1-14(19(25)22(2)12-15-6-4-3-5-7-15)29-20(26)17-8-9-18(24)23(21-17)16-10-11-30(27,28)13-16/h3-7,14,16H,8-13H2,1-2H3/t14-,16-/m0/s1. The number of hydrazone groups is 1. The summed E-state index contributed by atoms with van der Waals surface area (Å²) in [5.41, 5.74) is 0.966. The smallest absolute Gasteiger partial charge is 0.355 e. The van der Waals surface area contributed by atoms with E-state index in [1.165, 1.54) is 11.8 Å². The summed E-state index contributed by atoms with van der Waals surface area (Å²) in [5.74, 6) is -1.62. The van der Waals surface area contributed by atoms with E-state index in [0.717, 1.165) is 10.6 Å². The Kier molecular flexibility index (Phi) is 6.55. The van der Waals surface area contributed by atoms with Gasteiger partial charge in [0, 0.05) is 26.4 Å². The summed E-state index contributed by atoms with van der Waals surface area (Å²) >= 11 is 0. The molecule has 0 N–H and O–H groups in total. The SMILES string of the molecule is C[C@H](OC(=O)C1=NN([C@H]2CCS(=O)(=O)C2)C(=O)CC1)C(=O)N(C)Cc1ccccc1. The van der Waals surface area contributed by atoms with Crippen molar-refractivity contribution in [3.63, 3.8) is 0 Å². The molecule has 1 aromatic rings. The number of hydrogen-bond donors (Lipinski definition) is 0. The first kappa shape index (κ1) is 21.9. The van der Waals surface area contributed by atoms with E-state index in [4.69, 9.17) is 4.74 Å². The molecule has 0 bridgehead atoms. The van der Waals surface area contributed by atoms with Crippen LogP contribution in [-0.2, 0) is 35.5 Å². The summed E-state index contributed by atoms with van der Waals surface area (Å²) < 4.78 is 28.7. The maximum atomic E-state index is 12.5. The highest BCUT2D eigenvalue weighted by atomic mass is 32.2. The number of esters is 1. The minimum absolute atomic E-state index is 0.00394. The predicted molar refractivity (Wildman–Crippen MR) is 109 cm³/mol. The number of carbonyl (C=O) groups is 3. The first-order valence-corrected chi connectivity index (χ1v) is 11.6. The topological polar surface area (TPSA) is 113 Å². The zero-order valence-corrected chi connectivity index (χ0v) is 17.8. The lowest BCUT2D eigenvalue weighted by Gasteiger charge is -2.28. The molecule has 0 aliphatic carbocycles. The van der Waals surface area contributed by atoms with Gasteiger partial charge in [0.2, 0.25) is 5.91 Å². The fourth-order valence-corrected chi connectivity index (χ4v) is 5.19. The highest BCUT2D eigenvalue weighted by Crippen LogP contribution is 2.22. The fourth-order valence-electron chi connectivity index (χ4n) is 3.50. The second kappa shape index (κ2) is 8.95. The highest BCUT2D eigenvalue weighted by Gasteiger charge is 2.38. The number of benzene rings is 1. The first-order chi connectivity index (χ1) is 14.2. The highest BCUT2D eigenvalue weighted by molar-refractivity contribution is 7.91. The van der Waals surface area contributed by atoms with Crippen molar-refractivity contribution in [3.05, 3.63) is 35.9 Å². The van der Waals surface area contributed by atoms with E-state index in [0.29, 0.717) is 13.0 Å². The van der Waals surface area contributed by atoms with Crippen molar-refractivity contribution in [2.45, 2.75) is 44.9 Å². The molecule has 0 saturated carbocycles. The molecule has 1 fully saturated rings. The van der Waals surface area contributed by atoms with Gasteiger partial charge in [-0.15, -0.1) is 0 Å². The fraction of sp³-hybridized carbons (Fsp3) is 0.500. The summed E-state index contributed by atoms with van der Waals surface area (Å²) in [6.07, 6.45) is -0.597. The van der Waals surface area contributed by atoms with Crippen LogP contribution in [0, 0.1) is 0 Å². The van der Waals surface area contributed by atoms with Crippen LogP contribution >= 0.6 is 0 Å². The van der Waals surface area contributed by atoms with Crippen molar-refractivity contribution < 1.29 is 27.5 Å². The van der Waals surface area contributed by atoms with Gasteiger partial charge in [-0.3, -0.25) is 9.59 Å². The second-order valence-electron chi connectivity index (χ2n) is 7.57. The Morgan fingerprint density at radius 2 is 1.97 bits per heavy atom. The lowest BCUT2D eigenvalue weighted by Crippen LogP contribution is -2.43. The number of ether oxygens (including phenoxy) is 1. The quantitative estimate of drug-likeness (QED) is 0.609. The number of sulfone groups is 1. The summed E-state index contributed by atoms with van der Waals surface area (Å²) in [6, 6.07) is 8.86. The van der Waals surface area contributed by atoms with Crippen molar-refractivity contribution in [2.75, 3.05) is 18.6 Å². The van der Waals surface area contributed by atoms with E-state index in [-0.39, 0.29) is 41.9 Å². The average Bonchev–Trinajstić information content (AvgIpc) is 3.07. The van der Waals surface area contributed by atoms with E-state index in [9.17, 15) is 22.8 Å². The van der Waals surface area contributed by atoms with Gasteiger partial charge in [-0.1, -0.05) is 30.3 Å². The molecule has 1 saturated heterocycles. The van der Waals surface area contributed by atoms with Crippen LogP contribution in [-0.4, -0.2) is 72.5 Å². The second-order valence-corrected chi connectivity index (χ2v) is 9.80. The number of carbonyl (C=O) groups excluding carboxylic acids is 3. The summed E-state index contributed by atoms with van der Waals surface area (Å²) in [6.45, 7) is 1.86. The van der Waals surface area contributed by atoms with Gasteiger partial charge in [0.25, 0.3) is 5.91 Å². The normalized spacial score (nSPS) is 21.7. The third kappa shape index (κ3) is 5.24. The van der Waals surface area contributed by atoms with Gasteiger partial charge in [0.1, 0.15) is 5.71 Å². The molecule has 0 spiro atoms. The maximum absolute atomic E-state index is 12.5. The summed E-state index contributed by atoms with van der Waals surface area (Å²) in [7, 11) is -1.58. The van der Waals surface area contributed by atoms with Crippen LogP contribution in [0.15, 0.2) is 35.4 Å². The lowest BCUT2D eigenvalue weighted by molar-refractivity contribution is -0.153. The molecule has 2 heterocycles. The molecule has 2 amide bonds. The summed E-state index contributed by atoms with van der Waals surface area (Å²) in [4.78, 5) is 38.7. The van der Waals surface area contributed by atoms with Gasteiger partial charge in [0.15, 0.2) is 15.9 Å². The molecule has 0 aromatic heterocycles. The van der Waals surface area contributed by atoms with Crippen molar-refractivity contribution in [1.82, 2.24) is 9.91 Å². The van der Waals surface area contributed by atoms with Gasteiger partial charge >= 0.3 is 5.97 Å². The van der Waals surface area contributed by atoms with E-state index in [1.54, 1.807) is 7.05 Å². The maximum Gasteiger partial charge on any atom is 0.355 e. The van der Waals surface area contributed by atoms with Crippen LogP contribution < -0.4 is 0 Å². The Bertz CT molecular complexity index is 960. The van der Waals surface area contributed by atoms with Gasteiger partial charge in [0.05, 0.1) is 17.5 Å². The van der Waals surface area contributed by atoms with E-state index in [1.807, 2.05) is 30.3 Å². The zero-order valence-electron chi connectivity index (χ0n) is 17.0. The third-order valence-corrected chi connectivity index (χ3v) is 6.87. The average molecular weight is 436 g/mol. The van der Waals surface area contributed by atoms with Gasteiger partial charge in [-0.25, -0.2) is 18.2 Å². The molecule has 0 unspecified atom stereocenters. The zero-order chi connectivity index (χ0) is 21.9. The number of amides is 2. The van der Waals surface area contributed by atoms with E-state index < -0.39 is 28.0 Å². The van der Waals surface area contributed by atoms with E-state index in [2.05, 4.69) is 5.10 Å². The van der Waals surface area contributed by atoms with Gasteiger partial charge in [-0.2, -0.15) is 5.10 Å². The Balaban J connectivity index is 1.62. The van der Waals surface area contributed by atoms with Crippen molar-refractivity contribution in [3.8, 4) is 0 Å². The molecule has 162 valence electrons. The van der Waals surface area contributed by atoms with Crippen LogP contribution in [0.5, 0.6) is 0 Å². The Morgan fingerprint density at radius 3 is 2.60 bits per heavy atom. The van der Waals surface area contributed by atoms with Gasteiger partial charge in [-0.05, 0) is 18.9 Å². The molecular weight excluding hydrogens is 410 g/mol. The molecule has 10 heteroatoms. The lowest BCUT2D eigenvalue weighted by atomic mass is 10.1. The number of nitrogens with zero attached hydrogens (tertiary/aromatic N) is 3. The minimum Gasteiger partial charge on any atom is -0.448 e. The van der Waals surface area contributed by atoms with Crippen molar-refractivity contribution in [1.29, 1.82) is 0 Å².